The number of nitrogens with zero attached hydrogens (tertiary/aromatic N) is 1. The summed E-state index contributed by atoms with van der Waals surface area (Å²) in [5.74, 6) is 0. The van der Waals surface area contributed by atoms with E-state index in [1.54, 1.807) is 0 Å². The van der Waals surface area contributed by atoms with Gasteiger partial charge in [0, 0.05) is 30.7 Å². The lowest BCUT2D eigenvalue weighted by atomic mass is 9.85. The van der Waals surface area contributed by atoms with Crippen LogP contribution in [0.2, 0.25) is 0 Å². The van der Waals surface area contributed by atoms with Crippen molar-refractivity contribution in [1.29, 1.82) is 0 Å². The van der Waals surface area contributed by atoms with Crippen molar-refractivity contribution in [3.05, 3.63) is 29.8 Å². The van der Waals surface area contributed by atoms with Gasteiger partial charge in [-0.05, 0) is 51.8 Å². The molecule has 1 N–H and O–H groups in total. The van der Waals surface area contributed by atoms with Crippen LogP contribution in [-0.2, 0) is 0 Å². The Labute approximate surface area is 130 Å². The zero-order chi connectivity index (χ0) is 15.1. The molecule has 1 aromatic carbocycles. The minimum Gasteiger partial charge on any atom is -0.371 e. The van der Waals surface area contributed by atoms with Gasteiger partial charge in [-0.15, -0.1) is 0 Å². The Morgan fingerprint density at radius 2 is 1.76 bits per heavy atom. The predicted molar refractivity (Wildman–Crippen MR) is 93.1 cm³/mol. The maximum atomic E-state index is 3.68. The van der Waals surface area contributed by atoms with E-state index >= 15 is 0 Å². The van der Waals surface area contributed by atoms with Crippen LogP contribution in [-0.4, -0.2) is 26.2 Å². The summed E-state index contributed by atoms with van der Waals surface area (Å²) in [7, 11) is 0. The minimum atomic E-state index is 0.482. The maximum absolute atomic E-state index is 3.68. The fraction of sp³-hybridized carbons (Fsp3) is 0.684. The van der Waals surface area contributed by atoms with Crippen molar-refractivity contribution in [1.82, 2.24) is 5.32 Å². The normalized spacial score (nSPS) is 17.1. The van der Waals surface area contributed by atoms with E-state index in [2.05, 4.69) is 55.3 Å². The number of anilines is 1. The molecule has 0 saturated heterocycles. The van der Waals surface area contributed by atoms with Crippen LogP contribution in [0.1, 0.15) is 51.5 Å². The topological polar surface area (TPSA) is 15.3 Å². The first-order chi connectivity index (χ1) is 10.2. The fourth-order valence-electron chi connectivity index (χ4n) is 3.59. The number of hydrogen-bond donors (Lipinski definition) is 1. The van der Waals surface area contributed by atoms with Crippen LogP contribution in [0.25, 0.3) is 0 Å². The van der Waals surface area contributed by atoms with Gasteiger partial charge in [-0.25, -0.2) is 0 Å². The Morgan fingerprint density at radius 1 is 1.10 bits per heavy atom. The highest BCUT2D eigenvalue weighted by atomic mass is 15.1. The molecule has 1 aromatic rings. The summed E-state index contributed by atoms with van der Waals surface area (Å²) in [6, 6.07) is 9.02. The van der Waals surface area contributed by atoms with Crippen molar-refractivity contribution in [2.75, 3.05) is 31.1 Å². The molecule has 21 heavy (non-hydrogen) atoms. The van der Waals surface area contributed by atoms with Crippen molar-refractivity contribution < 1.29 is 0 Å². The van der Waals surface area contributed by atoms with Gasteiger partial charge in [0.25, 0.3) is 0 Å². The molecule has 0 radical (unpaired) electrons. The molecular weight excluding hydrogens is 256 g/mol. The summed E-state index contributed by atoms with van der Waals surface area (Å²) >= 11 is 0. The Morgan fingerprint density at radius 3 is 2.33 bits per heavy atom. The molecule has 2 rings (SSSR count). The lowest BCUT2D eigenvalue weighted by molar-refractivity contribution is 0.284. The number of hydrogen-bond acceptors (Lipinski definition) is 2. The van der Waals surface area contributed by atoms with E-state index in [1.807, 2.05) is 0 Å². The standard InChI is InChI=1S/C19H32N2/c1-4-14-20-15-19(12-6-7-13-19)16-21(5-2)18-10-8-17(3)9-11-18/h8-11,20H,4-7,12-16H2,1-3H3. The van der Waals surface area contributed by atoms with Crippen molar-refractivity contribution in [3.8, 4) is 0 Å². The molecule has 1 saturated carbocycles. The molecule has 1 aliphatic rings. The van der Waals surface area contributed by atoms with Crippen LogP contribution in [0.15, 0.2) is 24.3 Å². The van der Waals surface area contributed by atoms with Crippen LogP contribution in [0.5, 0.6) is 0 Å². The quantitative estimate of drug-likeness (QED) is 0.714. The number of rotatable bonds is 8. The van der Waals surface area contributed by atoms with Gasteiger partial charge in [0.05, 0.1) is 0 Å². The molecule has 0 aromatic heterocycles. The van der Waals surface area contributed by atoms with Crippen LogP contribution >= 0.6 is 0 Å². The largest absolute Gasteiger partial charge is 0.371 e. The monoisotopic (exact) mass is 288 g/mol. The first-order valence-electron chi connectivity index (χ1n) is 8.71. The summed E-state index contributed by atoms with van der Waals surface area (Å²) in [4.78, 5) is 2.57. The van der Waals surface area contributed by atoms with Crippen molar-refractivity contribution >= 4 is 5.69 Å². The van der Waals surface area contributed by atoms with Crippen molar-refractivity contribution in [3.63, 3.8) is 0 Å². The molecule has 2 heteroatoms. The molecule has 0 heterocycles. The number of aryl methyl sites for hydroxylation is 1. The highest BCUT2D eigenvalue weighted by Gasteiger charge is 2.35. The third-order valence-electron chi connectivity index (χ3n) is 4.90. The van der Waals surface area contributed by atoms with Gasteiger partial charge in [0.1, 0.15) is 0 Å². The third kappa shape index (κ3) is 4.47. The second-order valence-electron chi connectivity index (χ2n) is 6.73. The van der Waals surface area contributed by atoms with Crippen LogP contribution < -0.4 is 10.2 Å². The highest BCUT2D eigenvalue weighted by Crippen LogP contribution is 2.39. The average molecular weight is 288 g/mol. The van der Waals surface area contributed by atoms with Crippen molar-refractivity contribution in [2.45, 2.75) is 52.9 Å². The van der Waals surface area contributed by atoms with E-state index in [4.69, 9.17) is 0 Å². The molecule has 0 unspecified atom stereocenters. The molecule has 0 amide bonds. The Hall–Kier alpha value is -1.02. The van der Waals surface area contributed by atoms with E-state index in [0.717, 1.165) is 13.1 Å². The fourth-order valence-corrected chi connectivity index (χ4v) is 3.59. The van der Waals surface area contributed by atoms with E-state index in [-0.39, 0.29) is 0 Å². The minimum absolute atomic E-state index is 0.482. The molecular formula is C19H32N2. The van der Waals surface area contributed by atoms with Gasteiger partial charge in [-0.2, -0.15) is 0 Å². The van der Waals surface area contributed by atoms with Crippen LogP contribution in [0.4, 0.5) is 5.69 Å². The molecule has 0 atom stereocenters. The van der Waals surface area contributed by atoms with Gasteiger partial charge < -0.3 is 10.2 Å². The van der Waals surface area contributed by atoms with E-state index in [1.165, 1.54) is 56.4 Å². The number of benzene rings is 1. The van der Waals surface area contributed by atoms with Crippen LogP contribution in [0, 0.1) is 12.3 Å². The Bertz CT molecular complexity index is 404. The molecule has 0 spiro atoms. The molecule has 0 bridgehead atoms. The molecule has 1 aliphatic carbocycles. The van der Waals surface area contributed by atoms with Gasteiger partial charge in [0.15, 0.2) is 0 Å². The molecule has 2 nitrogen and oxygen atoms in total. The zero-order valence-corrected chi connectivity index (χ0v) is 14.1. The van der Waals surface area contributed by atoms with Gasteiger partial charge >= 0.3 is 0 Å². The van der Waals surface area contributed by atoms with Crippen LogP contribution in [0.3, 0.4) is 0 Å². The van der Waals surface area contributed by atoms with E-state index in [0.29, 0.717) is 5.41 Å². The summed E-state index contributed by atoms with van der Waals surface area (Å²) in [6.45, 7) is 11.3. The second-order valence-corrected chi connectivity index (χ2v) is 6.73. The molecule has 118 valence electrons. The van der Waals surface area contributed by atoms with Gasteiger partial charge in [-0.1, -0.05) is 37.5 Å². The second kappa shape index (κ2) is 7.84. The summed E-state index contributed by atoms with van der Waals surface area (Å²) in [6.07, 6.45) is 6.79. The highest BCUT2D eigenvalue weighted by molar-refractivity contribution is 5.47. The number of nitrogens with one attached hydrogen (secondary N) is 1. The smallest absolute Gasteiger partial charge is 0.0366 e. The molecule has 1 fully saturated rings. The summed E-state index contributed by atoms with van der Waals surface area (Å²) < 4.78 is 0. The maximum Gasteiger partial charge on any atom is 0.0366 e. The SMILES string of the molecule is CCCNCC1(CN(CC)c2ccc(C)cc2)CCCC1. The Kier molecular flexibility index (Phi) is 6.10. The molecule has 0 aliphatic heterocycles. The average Bonchev–Trinajstić information content (AvgIpc) is 2.95. The van der Waals surface area contributed by atoms with E-state index < -0.39 is 0 Å². The summed E-state index contributed by atoms with van der Waals surface area (Å²) in [5.41, 5.74) is 3.20. The van der Waals surface area contributed by atoms with E-state index in [9.17, 15) is 0 Å². The zero-order valence-electron chi connectivity index (χ0n) is 14.1. The lowest BCUT2D eigenvalue weighted by Crippen LogP contribution is -2.43. The first-order valence-corrected chi connectivity index (χ1v) is 8.71. The predicted octanol–water partition coefficient (Wildman–Crippen LogP) is 4.38. The van der Waals surface area contributed by atoms with Gasteiger partial charge in [0.2, 0.25) is 0 Å². The lowest BCUT2D eigenvalue weighted by Gasteiger charge is -2.36. The van der Waals surface area contributed by atoms with Crippen molar-refractivity contribution in [2.24, 2.45) is 5.41 Å². The summed E-state index contributed by atoms with van der Waals surface area (Å²) in [5, 5.41) is 3.68. The third-order valence-corrected chi connectivity index (χ3v) is 4.90. The van der Waals surface area contributed by atoms with Gasteiger partial charge in [-0.3, -0.25) is 0 Å². The first kappa shape index (κ1) is 16.4. The Balaban J connectivity index is 2.04.